The Morgan fingerprint density at radius 2 is 2.00 bits per heavy atom. The van der Waals surface area contributed by atoms with Crippen molar-refractivity contribution in [1.29, 1.82) is 0 Å². The minimum atomic E-state index is 0.0659. The molecule has 0 aromatic carbocycles. The molecular formula is C20H34N4O2. The number of aromatic nitrogens is 2. The molecule has 2 fully saturated rings. The molecule has 1 amide bonds. The van der Waals surface area contributed by atoms with Gasteiger partial charge in [0.05, 0.1) is 13.2 Å². The topological polar surface area (TPSA) is 50.6 Å². The van der Waals surface area contributed by atoms with Gasteiger partial charge in [-0.2, -0.15) is 0 Å². The summed E-state index contributed by atoms with van der Waals surface area (Å²) in [6.45, 7) is 11.4. The van der Waals surface area contributed by atoms with Gasteiger partial charge in [-0.05, 0) is 19.3 Å². The molecule has 0 aliphatic carbocycles. The second kappa shape index (κ2) is 9.51. The number of likely N-dealkylation sites (tertiary alicyclic amines) is 1. The van der Waals surface area contributed by atoms with E-state index in [1.165, 1.54) is 18.7 Å². The first-order valence-corrected chi connectivity index (χ1v) is 10.3. The summed E-state index contributed by atoms with van der Waals surface area (Å²) in [7, 11) is 0. The lowest BCUT2D eigenvalue weighted by atomic mass is 9.94. The van der Waals surface area contributed by atoms with E-state index < -0.39 is 0 Å². The summed E-state index contributed by atoms with van der Waals surface area (Å²) in [6, 6.07) is 0. The SMILES string of the molecule is CCCCn1ccnc1C1CCN(C(=O)C(C)CN2CCOCC2)CC1. The molecule has 0 N–H and O–H groups in total. The molecule has 0 radical (unpaired) electrons. The monoisotopic (exact) mass is 362 g/mol. The largest absolute Gasteiger partial charge is 0.379 e. The van der Waals surface area contributed by atoms with E-state index in [-0.39, 0.29) is 5.92 Å². The van der Waals surface area contributed by atoms with Gasteiger partial charge in [0.15, 0.2) is 0 Å². The van der Waals surface area contributed by atoms with Crippen LogP contribution in [0.1, 0.15) is 51.3 Å². The maximum atomic E-state index is 12.8. The Hall–Kier alpha value is -1.40. The van der Waals surface area contributed by atoms with E-state index >= 15 is 0 Å². The van der Waals surface area contributed by atoms with E-state index in [4.69, 9.17) is 4.74 Å². The first-order chi connectivity index (χ1) is 12.7. The highest BCUT2D eigenvalue weighted by Gasteiger charge is 2.29. The van der Waals surface area contributed by atoms with E-state index in [9.17, 15) is 4.79 Å². The lowest BCUT2D eigenvalue weighted by Crippen LogP contribution is -2.46. The minimum Gasteiger partial charge on any atom is -0.379 e. The van der Waals surface area contributed by atoms with Gasteiger partial charge in [-0.15, -0.1) is 0 Å². The van der Waals surface area contributed by atoms with Crippen LogP contribution in [0.4, 0.5) is 0 Å². The van der Waals surface area contributed by atoms with Gasteiger partial charge >= 0.3 is 0 Å². The zero-order chi connectivity index (χ0) is 18.4. The Morgan fingerprint density at radius 1 is 1.27 bits per heavy atom. The first-order valence-electron chi connectivity index (χ1n) is 10.3. The molecular weight excluding hydrogens is 328 g/mol. The molecule has 146 valence electrons. The van der Waals surface area contributed by atoms with Crippen molar-refractivity contribution in [2.45, 2.75) is 52.0 Å². The van der Waals surface area contributed by atoms with Crippen LogP contribution in [-0.4, -0.2) is 71.2 Å². The number of amides is 1. The minimum absolute atomic E-state index is 0.0659. The summed E-state index contributed by atoms with van der Waals surface area (Å²) >= 11 is 0. The highest BCUT2D eigenvalue weighted by Crippen LogP contribution is 2.28. The predicted octanol–water partition coefficient (Wildman–Crippen LogP) is 2.36. The standard InChI is InChI=1S/C20H34N4O2/c1-3-4-8-23-11-7-21-19(23)18-5-9-24(10-6-18)20(25)17(2)16-22-12-14-26-15-13-22/h7,11,17-18H,3-6,8-10,12-16H2,1-2H3. The van der Waals surface area contributed by atoms with Crippen LogP contribution < -0.4 is 0 Å². The second-order valence-electron chi connectivity index (χ2n) is 7.75. The van der Waals surface area contributed by atoms with E-state index in [2.05, 4.69) is 39.4 Å². The quantitative estimate of drug-likeness (QED) is 0.747. The van der Waals surface area contributed by atoms with E-state index in [1.807, 2.05) is 6.20 Å². The molecule has 26 heavy (non-hydrogen) atoms. The number of ether oxygens (including phenoxy) is 1. The van der Waals surface area contributed by atoms with Gasteiger partial charge in [0, 0.05) is 63.5 Å². The van der Waals surface area contributed by atoms with E-state index in [0.29, 0.717) is 11.8 Å². The van der Waals surface area contributed by atoms with Crippen molar-refractivity contribution in [1.82, 2.24) is 19.4 Å². The molecule has 2 aliphatic rings. The highest BCUT2D eigenvalue weighted by atomic mass is 16.5. The van der Waals surface area contributed by atoms with Crippen molar-refractivity contribution in [3.05, 3.63) is 18.2 Å². The number of rotatable bonds is 7. The lowest BCUT2D eigenvalue weighted by Gasteiger charge is -2.35. The Morgan fingerprint density at radius 3 is 2.69 bits per heavy atom. The number of imidazole rings is 1. The molecule has 1 aromatic heterocycles. The van der Waals surface area contributed by atoms with Crippen molar-refractivity contribution in [3.63, 3.8) is 0 Å². The number of hydrogen-bond donors (Lipinski definition) is 0. The van der Waals surface area contributed by atoms with Crippen LogP contribution in [0.5, 0.6) is 0 Å². The van der Waals surface area contributed by atoms with Gasteiger partial charge in [-0.1, -0.05) is 20.3 Å². The molecule has 1 aromatic rings. The van der Waals surface area contributed by atoms with Crippen LogP contribution in [0.2, 0.25) is 0 Å². The Balaban J connectivity index is 1.48. The fourth-order valence-electron chi connectivity index (χ4n) is 4.12. The molecule has 6 nitrogen and oxygen atoms in total. The molecule has 2 aliphatic heterocycles. The van der Waals surface area contributed by atoms with E-state index in [0.717, 1.165) is 65.3 Å². The first kappa shape index (κ1) is 19.4. The van der Waals surface area contributed by atoms with Crippen molar-refractivity contribution < 1.29 is 9.53 Å². The van der Waals surface area contributed by atoms with Crippen molar-refractivity contribution in [2.75, 3.05) is 45.9 Å². The third-order valence-corrected chi connectivity index (χ3v) is 5.73. The van der Waals surface area contributed by atoms with Crippen molar-refractivity contribution in [2.24, 2.45) is 5.92 Å². The zero-order valence-electron chi connectivity index (χ0n) is 16.4. The number of carbonyl (C=O) groups is 1. The third kappa shape index (κ3) is 4.86. The Bertz CT molecular complexity index is 560. The van der Waals surface area contributed by atoms with Gasteiger partial charge in [0.1, 0.15) is 5.82 Å². The molecule has 1 unspecified atom stereocenters. The molecule has 0 bridgehead atoms. The molecule has 3 rings (SSSR count). The average molecular weight is 363 g/mol. The number of carbonyl (C=O) groups excluding carboxylic acids is 1. The van der Waals surface area contributed by atoms with Crippen LogP contribution >= 0.6 is 0 Å². The van der Waals surface area contributed by atoms with Crippen LogP contribution in [0, 0.1) is 5.92 Å². The molecule has 2 saturated heterocycles. The van der Waals surface area contributed by atoms with Gasteiger partial charge in [0.2, 0.25) is 5.91 Å². The highest BCUT2D eigenvalue weighted by molar-refractivity contribution is 5.78. The predicted molar refractivity (Wildman–Crippen MR) is 102 cm³/mol. The third-order valence-electron chi connectivity index (χ3n) is 5.73. The summed E-state index contributed by atoms with van der Waals surface area (Å²) in [5.74, 6) is 2.08. The number of aryl methyl sites for hydroxylation is 1. The Labute approximate surface area is 157 Å². The number of morpholine rings is 1. The maximum absolute atomic E-state index is 12.8. The Kier molecular flexibility index (Phi) is 7.08. The smallest absolute Gasteiger partial charge is 0.226 e. The van der Waals surface area contributed by atoms with Crippen LogP contribution in [0.15, 0.2) is 12.4 Å². The summed E-state index contributed by atoms with van der Waals surface area (Å²) in [5, 5.41) is 0. The summed E-state index contributed by atoms with van der Waals surface area (Å²) < 4.78 is 7.71. The average Bonchev–Trinajstić information content (AvgIpc) is 3.15. The zero-order valence-corrected chi connectivity index (χ0v) is 16.4. The number of hydrogen-bond acceptors (Lipinski definition) is 4. The van der Waals surface area contributed by atoms with Gasteiger partial charge in [-0.3, -0.25) is 9.69 Å². The van der Waals surface area contributed by atoms with Crippen molar-refractivity contribution >= 4 is 5.91 Å². The van der Waals surface area contributed by atoms with Crippen LogP contribution in [-0.2, 0) is 16.1 Å². The molecule has 0 saturated carbocycles. The fraction of sp³-hybridized carbons (Fsp3) is 0.800. The van der Waals surface area contributed by atoms with Crippen LogP contribution in [0.25, 0.3) is 0 Å². The summed E-state index contributed by atoms with van der Waals surface area (Å²) in [5.41, 5.74) is 0. The fourth-order valence-corrected chi connectivity index (χ4v) is 4.12. The van der Waals surface area contributed by atoms with E-state index in [1.54, 1.807) is 0 Å². The van der Waals surface area contributed by atoms with Gasteiger partial charge in [-0.25, -0.2) is 4.98 Å². The number of piperidine rings is 1. The summed E-state index contributed by atoms with van der Waals surface area (Å²) in [4.78, 5) is 21.9. The molecule has 0 spiro atoms. The molecule has 1 atom stereocenters. The molecule has 3 heterocycles. The van der Waals surface area contributed by atoms with Crippen LogP contribution in [0.3, 0.4) is 0 Å². The van der Waals surface area contributed by atoms with Crippen molar-refractivity contribution in [3.8, 4) is 0 Å². The molecule has 6 heteroatoms. The normalized spacial score (nSPS) is 21.1. The maximum Gasteiger partial charge on any atom is 0.226 e. The number of unbranched alkanes of at least 4 members (excludes halogenated alkanes) is 1. The number of nitrogens with zero attached hydrogens (tertiary/aromatic N) is 4. The van der Waals surface area contributed by atoms with Gasteiger partial charge < -0.3 is 14.2 Å². The lowest BCUT2D eigenvalue weighted by molar-refractivity contribution is -0.137. The summed E-state index contributed by atoms with van der Waals surface area (Å²) in [6.07, 6.45) is 8.48. The van der Waals surface area contributed by atoms with Gasteiger partial charge in [0.25, 0.3) is 0 Å². The second-order valence-corrected chi connectivity index (χ2v) is 7.75.